The summed E-state index contributed by atoms with van der Waals surface area (Å²) in [6.07, 6.45) is 1.59. The third kappa shape index (κ3) is 5.12. The van der Waals surface area contributed by atoms with E-state index in [2.05, 4.69) is 16.1 Å². The Bertz CT molecular complexity index is 1240. The average Bonchev–Trinajstić information content (AvgIpc) is 3.38. The molecule has 4 rings (SSSR count). The molecule has 0 atom stereocenters. The van der Waals surface area contributed by atoms with E-state index in [0.717, 1.165) is 16.0 Å². The molecule has 8 nitrogen and oxygen atoms in total. The number of ether oxygens (including phenoxy) is 2. The fourth-order valence-corrected chi connectivity index (χ4v) is 3.37. The van der Waals surface area contributed by atoms with Gasteiger partial charge in [-0.05, 0) is 48.4 Å². The normalized spacial score (nSPS) is 14.5. The lowest BCUT2D eigenvalue weighted by Gasteiger charge is -2.09. The van der Waals surface area contributed by atoms with Gasteiger partial charge >= 0.3 is 12.0 Å². The summed E-state index contributed by atoms with van der Waals surface area (Å²) in [5, 5.41) is 2.57. The van der Waals surface area contributed by atoms with E-state index in [1.807, 2.05) is 43.3 Å². The van der Waals surface area contributed by atoms with Crippen LogP contribution in [0.1, 0.15) is 33.0 Å². The van der Waals surface area contributed by atoms with E-state index in [-0.39, 0.29) is 23.8 Å². The average molecular weight is 446 g/mol. The molecule has 1 aromatic heterocycles. The van der Waals surface area contributed by atoms with Gasteiger partial charge in [-0.15, -0.1) is 0 Å². The summed E-state index contributed by atoms with van der Waals surface area (Å²) in [5.41, 5.74) is 3.05. The number of carbonyl (C=O) groups excluding carboxylic acids is 3. The first-order valence-electron chi connectivity index (χ1n) is 10.2. The predicted octanol–water partition coefficient (Wildman–Crippen LogP) is 4.05. The molecule has 1 aliphatic rings. The number of carbonyl (C=O) groups is 3. The highest BCUT2D eigenvalue weighted by atomic mass is 16.5. The third-order valence-corrected chi connectivity index (χ3v) is 4.98. The molecule has 8 heteroatoms. The van der Waals surface area contributed by atoms with Gasteiger partial charge in [0.25, 0.3) is 5.91 Å². The van der Waals surface area contributed by atoms with Crippen molar-refractivity contribution in [2.24, 2.45) is 0 Å². The molecule has 3 amide bonds. The Balaban J connectivity index is 1.44. The van der Waals surface area contributed by atoms with Gasteiger partial charge in [0, 0.05) is 0 Å². The molecule has 0 aliphatic carbocycles. The van der Waals surface area contributed by atoms with Crippen molar-refractivity contribution in [2.45, 2.75) is 20.1 Å². The molecule has 2 aromatic carbocycles. The largest absolute Gasteiger partial charge is 0.489 e. The molecular formula is C25H22N2O6. The predicted molar refractivity (Wildman–Crippen MR) is 119 cm³/mol. The minimum absolute atomic E-state index is 0.00204. The van der Waals surface area contributed by atoms with Crippen molar-refractivity contribution in [1.82, 2.24) is 10.2 Å². The van der Waals surface area contributed by atoms with Gasteiger partial charge in [0.2, 0.25) is 5.76 Å². The first-order chi connectivity index (χ1) is 15.9. The molecule has 0 bridgehead atoms. The van der Waals surface area contributed by atoms with Crippen LogP contribution in [-0.2, 0) is 22.7 Å². The zero-order chi connectivity index (χ0) is 23.4. The van der Waals surface area contributed by atoms with E-state index in [1.165, 1.54) is 19.2 Å². The lowest BCUT2D eigenvalue weighted by Crippen LogP contribution is -2.30. The number of hydrogen-bond donors (Lipinski definition) is 1. The van der Waals surface area contributed by atoms with E-state index in [4.69, 9.17) is 9.15 Å². The molecule has 168 valence electrons. The molecule has 0 unspecified atom stereocenters. The molecule has 0 spiro atoms. The number of hydrogen-bond acceptors (Lipinski definition) is 6. The summed E-state index contributed by atoms with van der Waals surface area (Å²) in [6.45, 7) is 2.33. The van der Waals surface area contributed by atoms with E-state index in [9.17, 15) is 14.4 Å². The molecule has 0 radical (unpaired) electrons. The lowest BCUT2D eigenvalue weighted by molar-refractivity contribution is -0.123. The molecule has 3 aromatic rings. The number of rotatable bonds is 7. The van der Waals surface area contributed by atoms with Crippen LogP contribution in [0.4, 0.5) is 4.79 Å². The maximum Gasteiger partial charge on any atom is 0.373 e. The summed E-state index contributed by atoms with van der Waals surface area (Å²) in [4.78, 5) is 37.6. The Kier molecular flexibility index (Phi) is 6.26. The minimum atomic E-state index is -0.636. The van der Waals surface area contributed by atoms with Gasteiger partial charge in [0.05, 0.1) is 13.7 Å². The monoisotopic (exact) mass is 446 g/mol. The van der Waals surface area contributed by atoms with Crippen LogP contribution in [0.5, 0.6) is 5.75 Å². The van der Waals surface area contributed by atoms with Crippen LogP contribution < -0.4 is 10.1 Å². The Morgan fingerprint density at radius 1 is 1.09 bits per heavy atom. The molecule has 1 aliphatic heterocycles. The van der Waals surface area contributed by atoms with Crippen molar-refractivity contribution >= 4 is 24.0 Å². The number of methoxy groups -OCH3 is 1. The standard InChI is InChI=1S/C25H22N2O6/c1-16-5-3-7-18(11-16)15-32-19-8-4-6-17(12-19)13-21-23(28)27(25(30)26-21)14-20-9-10-22(33-20)24(29)31-2/h3-13H,14-15H2,1-2H3,(H,26,30)/b21-13-. The van der Waals surface area contributed by atoms with Crippen LogP contribution in [0, 0.1) is 6.92 Å². The van der Waals surface area contributed by atoms with Gasteiger partial charge in [-0.1, -0.05) is 42.0 Å². The number of imide groups is 1. The Morgan fingerprint density at radius 2 is 1.91 bits per heavy atom. The Hall–Kier alpha value is -4.33. The lowest BCUT2D eigenvalue weighted by atomic mass is 10.1. The summed E-state index contributed by atoms with van der Waals surface area (Å²) in [6, 6.07) is 17.7. The zero-order valence-corrected chi connectivity index (χ0v) is 18.2. The third-order valence-electron chi connectivity index (χ3n) is 4.98. The van der Waals surface area contributed by atoms with Crippen LogP contribution in [0.25, 0.3) is 6.08 Å². The van der Waals surface area contributed by atoms with Crippen molar-refractivity contribution in [3.05, 3.63) is 94.6 Å². The maximum atomic E-state index is 12.8. The number of amides is 3. The fourth-order valence-electron chi connectivity index (χ4n) is 3.37. The van der Waals surface area contributed by atoms with Gasteiger partial charge in [-0.2, -0.15) is 0 Å². The van der Waals surface area contributed by atoms with E-state index < -0.39 is 17.9 Å². The highest BCUT2D eigenvalue weighted by Gasteiger charge is 2.34. The summed E-state index contributed by atoms with van der Waals surface area (Å²) in [7, 11) is 1.24. The summed E-state index contributed by atoms with van der Waals surface area (Å²) in [5.74, 6) is -0.208. The number of furan rings is 1. The second-order valence-corrected chi connectivity index (χ2v) is 7.49. The van der Waals surface area contributed by atoms with Crippen molar-refractivity contribution in [3.63, 3.8) is 0 Å². The van der Waals surface area contributed by atoms with Crippen LogP contribution in [-0.4, -0.2) is 29.9 Å². The van der Waals surface area contributed by atoms with Gasteiger partial charge in [-0.25, -0.2) is 9.59 Å². The van der Waals surface area contributed by atoms with Gasteiger partial charge in [-0.3, -0.25) is 9.69 Å². The second-order valence-electron chi connectivity index (χ2n) is 7.49. The highest BCUT2D eigenvalue weighted by molar-refractivity contribution is 6.13. The number of nitrogens with one attached hydrogen (secondary N) is 1. The van der Waals surface area contributed by atoms with Gasteiger partial charge < -0.3 is 19.2 Å². The minimum Gasteiger partial charge on any atom is -0.489 e. The quantitative estimate of drug-likeness (QED) is 0.334. The summed E-state index contributed by atoms with van der Waals surface area (Å²) >= 11 is 0. The van der Waals surface area contributed by atoms with Crippen molar-refractivity contribution in [2.75, 3.05) is 7.11 Å². The molecular weight excluding hydrogens is 424 g/mol. The smallest absolute Gasteiger partial charge is 0.373 e. The van der Waals surface area contributed by atoms with Gasteiger partial charge in [0.15, 0.2) is 0 Å². The van der Waals surface area contributed by atoms with Crippen molar-refractivity contribution < 1.29 is 28.3 Å². The second kappa shape index (κ2) is 9.44. The van der Waals surface area contributed by atoms with Crippen LogP contribution in [0.3, 0.4) is 0 Å². The number of urea groups is 1. The van der Waals surface area contributed by atoms with Crippen molar-refractivity contribution in [1.29, 1.82) is 0 Å². The number of esters is 1. The Morgan fingerprint density at radius 3 is 2.70 bits per heavy atom. The van der Waals surface area contributed by atoms with Crippen LogP contribution in [0.15, 0.2) is 70.8 Å². The highest BCUT2D eigenvalue weighted by Crippen LogP contribution is 2.21. The van der Waals surface area contributed by atoms with Crippen LogP contribution >= 0.6 is 0 Å². The first-order valence-corrected chi connectivity index (χ1v) is 10.2. The van der Waals surface area contributed by atoms with E-state index in [1.54, 1.807) is 12.1 Å². The Labute approximate surface area is 190 Å². The number of benzene rings is 2. The fraction of sp³-hybridized carbons (Fsp3) is 0.160. The zero-order valence-electron chi connectivity index (χ0n) is 18.2. The SMILES string of the molecule is COC(=O)c1ccc(CN2C(=O)N/C(=C\c3cccc(OCc4cccc(C)c4)c3)C2=O)o1. The number of nitrogens with zero attached hydrogens (tertiary/aromatic N) is 1. The number of aryl methyl sites for hydroxylation is 1. The molecule has 33 heavy (non-hydrogen) atoms. The van der Waals surface area contributed by atoms with Crippen molar-refractivity contribution in [3.8, 4) is 5.75 Å². The molecule has 1 saturated heterocycles. The maximum absolute atomic E-state index is 12.8. The molecule has 2 heterocycles. The summed E-state index contributed by atoms with van der Waals surface area (Å²) < 4.78 is 15.8. The first kappa shape index (κ1) is 21.9. The van der Waals surface area contributed by atoms with E-state index >= 15 is 0 Å². The molecule has 0 saturated carbocycles. The topological polar surface area (TPSA) is 98.1 Å². The molecule has 1 N–H and O–H groups in total. The van der Waals surface area contributed by atoms with Gasteiger partial charge in [0.1, 0.15) is 23.8 Å². The molecule has 1 fully saturated rings. The van der Waals surface area contributed by atoms with Crippen LogP contribution in [0.2, 0.25) is 0 Å². The van der Waals surface area contributed by atoms with E-state index in [0.29, 0.717) is 17.9 Å².